The van der Waals surface area contributed by atoms with Gasteiger partial charge in [0.25, 0.3) is 0 Å². The summed E-state index contributed by atoms with van der Waals surface area (Å²) in [4.78, 5) is 11.5. The fourth-order valence-corrected chi connectivity index (χ4v) is 1.62. The van der Waals surface area contributed by atoms with Crippen molar-refractivity contribution in [3.8, 4) is 0 Å². The van der Waals surface area contributed by atoms with Crippen LogP contribution in [0.1, 0.15) is 19.8 Å². The molecule has 1 aliphatic rings. The Labute approximate surface area is 85.0 Å². The number of nitrogens with one attached hydrogen (secondary N) is 1. The van der Waals surface area contributed by atoms with Crippen molar-refractivity contribution >= 4 is 5.97 Å². The van der Waals surface area contributed by atoms with Gasteiger partial charge in [-0.25, -0.2) is 0 Å². The molecule has 0 aromatic carbocycles. The molecule has 82 valence electrons. The molecule has 0 aromatic rings. The van der Waals surface area contributed by atoms with Gasteiger partial charge < -0.3 is 14.8 Å². The van der Waals surface area contributed by atoms with Crippen molar-refractivity contribution in [2.45, 2.75) is 25.8 Å². The first-order valence-corrected chi connectivity index (χ1v) is 5.14. The van der Waals surface area contributed by atoms with Crippen LogP contribution in [0.15, 0.2) is 0 Å². The first-order valence-electron chi connectivity index (χ1n) is 5.14. The minimum atomic E-state index is -0.119. The molecule has 2 unspecified atom stereocenters. The molecule has 0 saturated carbocycles. The van der Waals surface area contributed by atoms with Crippen molar-refractivity contribution in [2.24, 2.45) is 5.92 Å². The Morgan fingerprint density at radius 2 is 2.29 bits per heavy atom. The summed E-state index contributed by atoms with van der Waals surface area (Å²) in [5.41, 5.74) is 0. The van der Waals surface area contributed by atoms with Gasteiger partial charge in [-0.15, -0.1) is 0 Å². The van der Waals surface area contributed by atoms with E-state index >= 15 is 0 Å². The van der Waals surface area contributed by atoms with Crippen molar-refractivity contribution in [2.75, 3.05) is 26.9 Å². The van der Waals surface area contributed by atoms with Crippen LogP contribution in [-0.2, 0) is 14.3 Å². The molecule has 0 aliphatic carbocycles. The predicted octanol–water partition coefficient (Wildman–Crippen LogP) is 0.564. The molecule has 0 radical (unpaired) electrons. The van der Waals surface area contributed by atoms with Crippen LogP contribution in [0, 0.1) is 5.92 Å². The standard InChI is InChI=1S/C10H19NO3/c1-8-4-5-11-9(8)10(12)14-7-3-6-13-2/h8-9,11H,3-7H2,1-2H3. The lowest BCUT2D eigenvalue weighted by atomic mass is 10.0. The molecule has 0 aromatic heterocycles. The lowest BCUT2D eigenvalue weighted by Gasteiger charge is -2.14. The zero-order valence-corrected chi connectivity index (χ0v) is 8.91. The van der Waals surface area contributed by atoms with Gasteiger partial charge in [-0.2, -0.15) is 0 Å². The van der Waals surface area contributed by atoms with Gasteiger partial charge in [-0.3, -0.25) is 4.79 Å². The molecule has 0 spiro atoms. The summed E-state index contributed by atoms with van der Waals surface area (Å²) in [6.07, 6.45) is 1.82. The van der Waals surface area contributed by atoms with E-state index in [0.717, 1.165) is 19.4 Å². The van der Waals surface area contributed by atoms with E-state index in [1.54, 1.807) is 7.11 Å². The van der Waals surface area contributed by atoms with Gasteiger partial charge in [0.15, 0.2) is 0 Å². The van der Waals surface area contributed by atoms with E-state index in [1.807, 2.05) is 0 Å². The number of carbonyl (C=O) groups is 1. The zero-order chi connectivity index (χ0) is 10.4. The molecule has 4 heteroatoms. The van der Waals surface area contributed by atoms with Gasteiger partial charge in [0.2, 0.25) is 0 Å². The smallest absolute Gasteiger partial charge is 0.323 e. The molecule has 1 heterocycles. The van der Waals surface area contributed by atoms with E-state index in [2.05, 4.69) is 12.2 Å². The maximum Gasteiger partial charge on any atom is 0.323 e. The quantitative estimate of drug-likeness (QED) is 0.521. The maximum atomic E-state index is 11.5. The number of esters is 1. The van der Waals surface area contributed by atoms with Crippen LogP contribution in [0.2, 0.25) is 0 Å². The highest BCUT2D eigenvalue weighted by Crippen LogP contribution is 2.15. The highest BCUT2D eigenvalue weighted by atomic mass is 16.5. The fourth-order valence-electron chi connectivity index (χ4n) is 1.62. The summed E-state index contributed by atoms with van der Waals surface area (Å²) in [5.74, 6) is 0.274. The molecule has 14 heavy (non-hydrogen) atoms. The number of methoxy groups -OCH3 is 1. The summed E-state index contributed by atoms with van der Waals surface area (Å²) in [7, 11) is 1.64. The zero-order valence-electron chi connectivity index (χ0n) is 8.91. The molecular weight excluding hydrogens is 182 g/mol. The van der Waals surface area contributed by atoms with Crippen LogP contribution in [-0.4, -0.2) is 38.9 Å². The van der Waals surface area contributed by atoms with Gasteiger partial charge in [0, 0.05) is 20.1 Å². The topological polar surface area (TPSA) is 47.6 Å². The number of hydrogen-bond acceptors (Lipinski definition) is 4. The SMILES string of the molecule is COCCCOC(=O)C1NCCC1C. The van der Waals surface area contributed by atoms with Gasteiger partial charge in [-0.1, -0.05) is 6.92 Å². The third-order valence-electron chi connectivity index (χ3n) is 2.52. The van der Waals surface area contributed by atoms with Crippen LogP contribution in [0.3, 0.4) is 0 Å². The molecule has 1 fully saturated rings. The van der Waals surface area contributed by atoms with Crippen LogP contribution in [0.5, 0.6) is 0 Å². The van der Waals surface area contributed by atoms with Crippen molar-refractivity contribution in [1.82, 2.24) is 5.32 Å². The van der Waals surface area contributed by atoms with Gasteiger partial charge in [0.05, 0.1) is 6.61 Å². The second-order valence-corrected chi connectivity index (χ2v) is 3.71. The Morgan fingerprint density at radius 3 is 2.86 bits per heavy atom. The molecule has 2 atom stereocenters. The molecule has 0 bridgehead atoms. The van der Waals surface area contributed by atoms with Crippen molar-refractivity contribution in [3.05, 3.63) is 0 Å². The van der Waals surface area contributed by atoms with Crippen LogP contribution in [0.25, 0.3) is 0 Å². The number of hydrogen-bond donors (Lipinski definition) is 1. The third kappa shape index (κ3) is 3.27. The van der Waals surface area contributed by atoms with Crippen molar-refractivity contribution < 1.29 is 14.3 Å². The average Bonchev–Trinajstić information content (AvgIpc) is 2.59. The molecule has 1 rings (SSSR count). The maximum absolute atomic E-state index is 11.5. The largest absolute Gasteiger partial charge is 0.464 e. The van der Waals surface area contributed by atoms with Gasteiger partial charge in [-0.05, 0) is 18.9 Å². The molecule has 1 aliphatic heterocycles. The Hall–Kier alpha value is -0.610. The summed E-state index contributed by atoms with van der Waals surface area (Å²) < 4.78 is 9.98. The second-order valence-electron chi connectivity index (χ2n) is 3.71. The first kappa shape index (κ1) is 11.5. The molecule has 0 amide bonds. The third-order valence-corrected chi connectivity index (χ3v) is 2.52. The van der Waals surface area contributed by atoms with E-state index in [-0.39, 0.29) is 12.0 Å². The van der Waals surface area contributed by atoms with Gasteiger partial charge in [0.1, 0.15) is 6.04 Å². The Morgan fingerprint density at radius 1 is 1.50 bits per heavy atom. The van der Waals surface area contributed by atoms with Crippen LogP contribution < -0.4 is 5.32 Å². The van der Waals surface area contributed by atoms with E-state index in [4.69, 9.17) is 9.47 Å². The van der Waals surface area contributed by atoms with Crippen LogP contribution >= 0.6 is 0 Å². The molecule has 1 saturated heterocycles. The van der Waals surface area contributed by atoms with E-state index in [9.17, 15) is 4.79 Å². The van der Waals surface area contributed by atoms with Gasteiger partial charge >= 0.3 is 5.97 Å². The van der Waals surface area contributed by atoms with Crippen LogP contribution in [0.4, 0.5) is 0 Å². The Kier molecular flexibility index (Phi) is 4.90. The molecular formula is C10H19NO3. The highest BCUT2D eigenvalue weighted by Gasteiger charge is 2.30. The number of carbonyl (C=O) groups excluding carboxylic acids is 1. The second kappa shape index (κ2) is 5.98. The Balaban J connectivity index is 2.14. The summed E-state index contributed by atoms with van der Waals surface area (Å²) in [6.45, 7) is 4.08. The monoisotopic (exact) mass is 201 g/mol. The highest BCUT2D eigenvalue weighted by molar-refractivity contribution is 5.76. The van der Waals surface area contributed by atoms with E-state index < -0.39 is 0 Å². The number of rotatable bonds is 5. The predicted molar refractivity (Wildman–Crippen MR) is 53.0 cm³/mol. The lowest BCUT2D eigenvalue weighted by molar-refractivity contribution is -0.147. The van der Waals surface area contributed by atoms with Crippen molar-refractivity contribution in [3.63, 3.8) is 0 Å². The lowest BCUT2D eigenvalue weighted by Crippen LogP contribution is -2.36. The fraction of sp³-hybridized carbons (Fsp3) is 0.900. The summed E-state index contributed by atoms with van der Waals surface area (Å²) in [6, 6.07) is -0.0995. The minimum absolute atomic E-state index is 0.0995. The molecule has 1 N–H and O–H groups in total. The molecule has 4 nitrogen and oxygen atoms in total. The average molecular weight is 201 g/mol. The Bertz CT molecular complexity index is 184. The van der Waals surface area contributed by atoms with Crippen molar-refractivity contribution in [1.29, 1.82) is 0 Å². The summed E-state index contributed by atoms with van der Waals surface area (Å²) >= 11 is 0. The first-order chi connectivity index (χ1) is 6.75. The minimum Gasteiger partial charge on any atom is -0.464 e. The van der Waals surface area contributed by atoms with E-state index in [0.29, 0.717) is 19.1 Å². The summed E-state index contributed by atoms with van der Waals surface area (Å²) in [5, 5.41) is 3.14. The normalized spacial score (nSPS) is 26.4. The van der Waals surface area contributed by atoms with E-state index in [1.165, 1.54) is 0 Å². The number of ether oxygens (including phenoxy) is 2.